The van der Waals surface area contributed by atoms with E-state index in [0.29, 0.717) is 12.9 Å². The summed E-state index contributed by atoms with van der Waals surface area (Å²) in [5.41, 5.74) is -3.54. The van der Waals surface area contributed by atoms with Gasteiger partial charge in [0.15, 0.2) is 0 Å². The highest BCUT2D eigenvalue weighted by Gasteiger charge is 2.47. The average Bonchev–Trinajstić information content (AvgIpc) is 3.19. The van der Waals surface area contributed by atoms with Gasteiger partial charge in [0.05, 0.1) is 58.9 Å². The van der Waals surface area contributed by atoms with E-state index in [-0.39, 0.29) is 84.8 Å². The lowest BCUT2D eigenvalue weighted by molar-refractivity contribution is -0.147. The maximum atomic E-state index is 13.3. The third-order valence-electron chi connectivity index (χ3n) is 6.70. The van der Waals surface area contributed by atoms with E-state index in [0.717, 1.165) is 21.3 Å². The second kappa shape index (κ2) is 34.9. The molecule has 0 N–H and O–H groups in total. The van der Waals surface area contributed by atoms with Gasteiger partial charge in [-0.05, 0) is 17.4 Å². The first-order valence-corrected chi connectivity index (χ1v) is 19.8. The number of hydrogen-bond donors (Lipinski definition) is 0. The second-order valence-corrected chi connectivity index (χ2v) is 16.8. The lowest BCUT2D eigenvalue weighted by Gasteiger charge is -2.30. The van der Waals surface area contributed by atoms with Gasteiger partial charge < -0.3 is 51.5 Å². The molecule has 0 heterocycles. The van der Waals surface area contributed by atoms with Gasteiger partial charge in [0.1, 0.15) is 25.5 Å². The molecule has 23 nitrogen and oxygen atoms in total. The summed E-state index contributed by atoms with van der Waals surface area (Å²) >= 11 is 0. The average molecular weight is 846 g/mol. The van der Waals surface area contributed by atoms with Crippen molar-refractivity contribution in [3.05, 3.63) is 0 Å². The Hall–Kier alpha value is -3.84. The number of carbonyl (C=O) groups excluding carboxylic acids is 8. The third kappa shape index (κ3) is 23.1. The van der Waals surface area contributed by atoms with Crippen LogP contribution in [0.25, 0.3) is 0 Å². The molecule has 0 amide bonds. The molecule has 6 atom stereocenters. The summed E-state index contributed by atoms with van der Waals surface area (Å²) in [6.45, 7) is 0.979. The van der Waals surface area contributed by atoms with Crippen LogP contribution in [0.15, 0.2) is 0 Å². The number of esters is 2. The molecule has 0 saturated carbocycles. The Labute approximate surface area is 312 Å². The van der Waals surface area contributed by atoms with Crippen LogP contribution in [0.4, 0.5) is 0 Å². The van der Waals surface area contributed by atoms with E-state index in [1.165, 1.54) is 21.3 Å². The summed E-state index contributed by atoms with van der Waals surface area (Å²) in [5.74, 6) is -1.72. The van der Waals surface area contributed by atoms with Crippen LogP contribution in [-0.2, 0) is 108 Å². The van der Waals surface area contributed by atoms with Gasteiger partial charge in [-0.3, -0.25) is 47.5 Å². The van der Waals surface area contributed by atoms with Crippen LogP contribution in [0, 0.1) is 0 Å². The van der Waals surface area contributed by atoms with Crippen molar-refractivity contribution in [1.82, 2.24) is 0 Å². The van der Waals surface area contributed by atoms with E-state index in [4.69, 9.17) is 13.6 Å². The molecule has 312 valence electrons. The molecule has 0 radical (unpaired) electrons. The third-order valence-corrected chi connectivity index (χ3v) is 13.6. The Kier molecular flexibility index (Phi) is 35.2. The minimum Gasteiger partial charge on any atom is -0.469 e. The van der Waals surface area contributed by atoms with Crippen LogP contribution >= 0.6 is 23.0 Å². The summed E-state index contributed by atoms with van der Waals surface area (Å²) in [6.07, 6.45) is -0.0199. The zero-order valence-electron chi connectivity index (χ0n) is 30.6. The van der Waals surface area contributed by atoms with Gasteiger partial charge in [-0.15, -0.1) is 4.52 Å². The molecule has 0 spiro atoms. The SMILES string of the molecule is COC(=O)CC(C(=O)OC)P(=O)(OC)C(CCOC=O)COC=O.COP(=O)(OC)C(CCOC=O)COC=O.CO[P+](=O)C(CCOC=O)COC=O. The lowest BCUT2D eigenvalue weighted by atomic mass is 10.3. The fourth-order valence-electron chi connectivity index (χ4n) is 3.94. The van der Waals surface area contributed by atoms with Gasteiger partial charge >= 0.3 is 27.6 Å². The molecular weight excluding hydrogens is 797 g/mol. The Morgan fingerprint density at radius 2 is 1.00 bits per heavy atom. The summed E-state index contributed by atoms with van der Waals surface area (Å²) in [4.78, 5) is 84.0. The highest BCUT2D eigenvalue weighted by Crippen LogP contribution is 2.58. The van der Waals surface area contributed by atoms with Gasteiger partial charge in [-0.1, -0.05) is 0 Å². The predicted molar refractivity (Wildman–Crippen MR) is 181 cm³/mol. The van der Waals surface area contributed by atoms with Crippen molar-refractivity contribution in [3.8, 4) is 0 Å². The summed E-state index contributed by atoms with van der Waals surface area (Å²) in [6, 6.07) is 0. The van der Waals surface area contributed by atoms with Gasteiger partial charge in [-0.25, -0.2) is 0 Å². The fraction of sp³-hybridized carbons (Fsp3) is 0.714. The largest absolute Gasteiger partial charge is 0.514 e. The quantitative estimate of drug-likeness (QED) is 0.0302. The van der Waals surface area contributed by atoms with Crippen LogP contribution in [-0.4, -0.2) is 156 Å². The van der Waals surface area contributed by atoms with E-state index >= 15 is 0 Å². The lowest BCUT2D eigenvalue weighted by Crippen LogP contribution is -2.33. The van der Waals surface area contributed by atoms with Crippen LogP contribution in [0.1, 0.15) is 25.7 Å². The molecule has 0 rings (SSSR count). The highest BCUT2D eigenvalue weighted by molar-refractivity contribution is 7.61. The van der Waals surface area contributed by atoms with E-state index in [1.54, 1.807) is 0 Å². The number of carbonyl (C=O) groups is 8. The zero-order valence-corrected chi connectivity index (χ0v) is 33.3. The minimum atomic E-state index is -3.89. The van der Waals surface area contributed by atoms with Gasteiger partial charge in [0, 0.05) is 27.8 Å². The Morgan fingerprint density at radius 3 is 1.39 bits per heavy atom. The standard InChI is InChI=1S/C13H21O10P.C8H15O7P.C7H12O6P/c1-19-12(16)6-11(13(17)20-2)24(18,21-3)10(7-23-9-15)4-5-22-8-14;1-12-16(11,13-2)8(5-15-7-10)3-4-14-6-9;1-11-14(10)7(4-13-6-9)2-3-12-5-8/h8-11H,4-7H2,1-3H3;6-8H,3-5H2,1-2H3;5-7H,2-4H2,1H3/q;;+1. The van der Waals surface area contributed by atoms with Crippen LogP contribution in [0.2, 0.25) is 0 Å². The maximum absolute atomic E-state index is 13.3. The molecule has 0 aromatic rings. The Balaban J connectivity index is -0.000000758. The smallest absolute Gasteiger partial charge is 0.469 e. The normalized spacial score (nSPS) is 13.9. The first kappa shape index (κ1) is 54.5. The summed E-state index contributed by atoms with van der Waals surface area (Å²) in [7, 11) is -2.08. The van der Waals surface area contributed by atoms with E-state index < -0.39 is 64.0 Å². The van der Waals surface area contributed by atoms with Crippen molar-refractivity contribution >= 4 is 73.8 Å². The van der Waals surface area contributed by atoms with Crippen molar-refractivity contribution in [2.75, 3.05) is 82.3 Å². The zero-order chi connectivity index (χ0) is 41.8. The number of methoxy groups -OCH3 is 2. The van der Waals surface area contributed by atoms with Crippen molar-refractivity contribution in [3.63, 3.8) is 0 Å². The monoisotopic (exact) mass is 845 g/mol. The number of rotatable bonds is 32. The van der Waals surface area contributed by atoms with Gasteiger partial charge in [-0.2, -0.15) is 0 Å². The van der Waals surface area contributed by atoms with E-state index in [2.05, 4.69) is 42.4 Å². The first-order valence-electron chi connectivity index (χ1n) is 15.1. The summed E-state index contributed by atoms with van der Waals surface area (Å²) < 4.78 is 91.8. The molecule has 0 aliphatic carbocycles. The molecule has 54 heavy (non-hydrogen) atoms. The molecule has 6 unspecified atom stereocenters. The van der Waals surface area contributed by atoms with Crippen LogP contribution in [0.5, 0.6) is 0 Å². The Bertz CT molecular complexity index is 1190. The molecule has 0 aromatic heterocycles. The first-order chi connectivity index (χ1) is 25.8. The molecule has 0 fully saturated rings. The van der Waals surface area contributed by atoms with Gasteiger partial charge in [0.2, 0.25) is 13.0 Å². The highest BCUT2D eigenvalue weighted by atomic mass is 31.2. The van der Waals surface area contributed by atoms with E-state index in [1.807, 2.05) is 0 Å². The van der Waals surface area contributed by atoms with Crippen molar-refractivity contribution in [2.24, 2.45) is 0 Å². The van der Waals surface area contributed by atoms with Gasteiger partial charge in [0.25, 0.3) is 38.8 Å². The molecule has 0 aliphatic rings. The second-order valence-electron chi connectivity index (χ2n) is 9.54. The molecule has 0 bridgehead atoms. The summed E-state index contributed by atoms with van der Waals surface area (Å²) in [5, 5.41) is 0. The van der Waals surface area contributed by atoms with Crippen molar-refractivity contribution in [2.45, 2.75) is 48.3 Å². The maximum Gasteiger partial charge on any atom is 0.514 e. The minimum absolute atomic E-state index is 0.00520. The number of hydrogen-bond acceptors (Lipinski definition) is 23. The van der Waals surface area contributed by atoms with Crippen molar-refractivity contribution < 1.29 is 108 Å². The van der Waals surface area contributed by atoms with E-state index in [9.17, 15) is 52.1 Å². The topological polar surface area (TPSA) is 299 Å². The Morgan fingerprint density at radius 1 is 0.574 bits per heavy atom. The molecule has 0 saturated heterocycles. The molecule has 0 aliphatic heterocycles. The van der Waals surface area contributed by atoms with Crippen LogP contribution in [0.3, 0.4) is 0 Å². The van der Waals surface area contributed by atoms with Crippen LogP contribution < -0.4 is 0 Å². The predicted octanol–water partition coefficient (Wildman–Crippen LogP) is 1.18. The molecule has 26 heteroatoms. The molecular formula is C28H48O23P3+. The number of ether oxygens (including phenoxy) is 8. The fourth-order valence-corrected chi connectivity index (χ4v) is 8.83. The molecule has 0 aromatic carbocycles. The van der Waals surface area contributed by atoms with Crippen molar-refractivity contribution in [1.29, 1.82) is 0 Å².